The van der Waals surface area contributed by atoms with Crippen molar-refractivity contribution in [3.05, 3.63) is 42.1 Å². The molecular weight excluding hydrogens is 226 g/mol. The Hall–Kier alpha value is -2.41. The van der Waals surface area contributed by atoms with Gasteiger partial charge in [0.15, 0.2) is 0 Å². The number of rotatable bonds is 3. The van der Waals surface area contributed by atoms with E-state index in [4.69, 9.17) is 5.26 Å². The standard InChI is InChI=1S/C14H13N3O/c1-17(9-3-7-15)14(18)12-5-6-13-11(10-12)4-2-8-16-13/h2,4-6,8,10H,3,9H2,1H3. The van der Waals surface area contributed by atoms with Crippen LogP contribution in [0, 0.1) is 11.3 Å². The van der Waals surface area contributed by atoms with Gasteiger partial charge < -0.3 is 4.90 Å². The first-order valence-electron chi connectivity index (χ1n) is 5.69. The minimum atomic E-state index is -0.0731. The highest BCUT2D eigenvalue weighted by molar-refractivity contribution is 5.97. The molecule has 0 aliphatic rings. The highest BCUT2D eigenvalue weighted by Crippen LogP contribution is 2.14. The summed E-state index contributed by atoms with van der Waals surface area (Å²) in [5, 5.41) is 9.45. The summed E-state index contributed by atoms with van der Waals surface area (Å²) in [6.07, 6.45) is 2.07. The lowest BCUT2D eigenvalue weighted by molar-refractivity contribution is 0.0798. The molecule has 18 heavy (non-hydrogen) atoms. The van der Waals surface area contributed by atoms with E-state index in [1.165, 1.54) is 0 Å². The quantitative estimate of drug-likeness (QED) is 0.825. The first-order valence-corrected chi connectivity index (χ1v) is 5.69. The largest absolute Gasteiger partial charge is 0.341 e. The summed E-state index contributed by atoms with van der Waals surface area (Å²) in [4.78, 5) is 17.9. The van der Waals surface area contributed by atoms with Gasteiger partial charge in [-0.15, -0.1) is 0 Å². The molecule has 2 aromatic rings. The summed E-state index contributed by atoms with van der Waals surface area (Å²) in [5.41, 5.74) is 1.49. The summed E-state index contributed by atoms with van der Waals surface area (Å²) in [5.74, 6) is -0.0731. The van der Waals surface area contributed by atoms with Gasteiger partial charge in [0.05, 0.1) is 18.0 Å². The van der Waals surface area contributed by atoms with Gasteiger partial charge in [-0.2, -0.15) is 5.26 Å². The van der Waals surface area contributed by atoms with Crippen molar-refractivity contribution < 1.29 is 4.79 Å². The molecule has 0 bridgehead atoms. The third kappa shape index (κ3) is 2.46. The fourth-order valence-electron chi connectivity index (χ4n) is 1.75. The van der Waals surface area contributed by atoms with Crippen LogP contribution in [0.1, 0.15) is 16.8 Å². The van der Waals surface area contributed by atoms with Gasteiger partial charge in [0.2, 0.25) is 0 Å². The Morgan fingerprint density at radius 1 is 1.44 bits per heavy atom. The maximum atomic E-state index is 12.1. The Bertz CT molecular complexity index is 616. The number of carbonyl (C=O) groups is 1. The first kappa shape index (κ1) is 12.1. The zero-order chi connectivity index (χ0) is 13.0. The van der Waals surface area contributed by atoms with E-state index in [-0.39, 0.29) is 5.91 Å². The maximum absolute atomic E-state index is 12.1. The highest BCUT2D eigenvalue weighted by atomic mass is 16.2. The molecule has 4 heteroatoms. The molecule has 90 valence electrons. The molecule has 0 aliphatic heterocycles. The molecule has 0 radical (unpaired) electrons. The molecule has 1 amide bonds. The summed E-state index contributed by atoms with van der Waals surface area (Å²) in [7, 11) is 1.70. The van der Waals surface area contributed by atoms with Gasteiger partial charge in [0.1, 0.15) is 0 Å². The van der Waals surface area contributed by atoms with Gasteiger partial charge in [0.25, 0.3) is 5.91 Å². The lowest BCUT2D eigenvalue weighted by Crippen LogP contribution is -2.27. The average molecular weight is 239 g/mol. The molecule has 2 rings (SSSR count). The van der Waals surface area contributed by atoms with Crippen molar-refractivity contribution in [2.45, 2.75) is 6.42 Å². The molecular formula is C14H13N3O. The lowest BCUT2D eigenvalue weighted by Gasteiger charge is -2.15. The summed E-state index contributed by atoms with van der Waals surface area (Å²) in [6.45, 7) is 0.445. The molecule has 0 aliphatic carbocycles. The van der Waals surface area contributed by atoms with E-state index in [2.05, 4.69) is 4.98 Å². The molecule has 0 atom stereocenters. The van der Waals surface area contributed by atoms with Crippen molar-refractivity contribution in [1.29, 1.82) is 5.26 Å². The van der Waals surface area contributed by atoms with Gasteiger partial charge in [-0.25, -0.2) is 0 Å². The van der Waals surface area contributed by atoms with E-state index >= 15 is 0 Å². The second kappa shape index (κ2) is 5.28. The van der Waals surface area contributed by atoms with Crippen molar-refractivity contribution in [1.82, 2.24) is 9.88 Å². The van der Waals surface area contributed by atoms with Gasteiger partial charge in [-0.1, -0.05) is 6.07 Å². The third-order valence-corrected chi connectivity index (χ3v) is 2.76. The van der Waals surface area contributed by atoms with Crippen molar-refractivity contribution >= 4 is 16.8 Å². The second-order valence-corrected chi connectivity index (χ2v) is 4.05. The molecule has 0 fully saturated rings. The number of carbonyl (C=O) groups excluding carboxylic acids is 1. The molecule has 1 heterocycles. The van der Waals surface area contributed by atoms with E-state index in [1.54, 1.807) is 24.2 Å². The normalized spacial score (nSPS) is 10.0. The number of nitriles is 1. The summed E-state index contributed by atoms with van der Waals surface area (Å²) in [6, 6.07) is 11.2. The number of fused-ring (bicyclic) bond motifs is 1. The van der Waals surface area contributed by atoms with Crippen LogP contribution in [0.3, 0.4) is 0 Å². The molecule has 0 N–H and O–H groups in total. The third-order valence-electron chi connectivity index (χ3n) is 2.76. The number of pyridine rings is 1. The molecule has 1 aromatic heterocycles. The van der Waals surface area contributed by atoms with E-state index < -0.39 is 0 Å². The van der Waals surface area contributed by atoms with Crippen LogP contribution >= 0.6 is 0 Å². The Morgan fingerprint density at radius 3 is 3.06 bits per heavy atom. The fourth-order valence-corrected chi connectivity index (χ4v) is 1.75. The summed E-state index contributed by atoms with van der Waals surface area (Å²) >= 11 is 0. The van der Waals surface area contributed by atoms with E-state index in [0.29, 0.717) is 18.5 Å². The number of hydrogen-bond acceptors (Lipinski definition) is 3. The van der Waals surface area contributed by atoms with Crippen molar-refractivity contribution in [3.8, 4) is 6.07 Å². The Labute approximate surface area is 105 Å². The van der Waals surface area contributed by atoms with Crippen molar-refractivity contribution in [3.63, 3.8) is 0 Å². The molecule has 0 unspecified atom stereocenters. The zero-order valence-corrected chi connectivity index (χ0v) is 10.1. The van der Waals surface area contributed by atoms with Crippen LogP contribution in [0.2, 0.25) is 0 Å². The smallest absolute Gasteiger partial charge is 0.253 e. The van der Waals surface area contributed by atoms with Crippen LogP contribution in [0.4, 0.5) is 0 Å². The average Bonchev–Trinajstić information content (AvgIpc) is 2.43. The topological polar surface area (TPSA) is 57.0 Å². The number of benzene rings is 1. The maximum Gasteiger partial charge on any atom is 0.253 e. The SMILES string of the molecule is CN(CCC#N)C(=O)c1ccc2ncccc2c1. The molecule has 1 aromatic carbocycles. The number of nitrogens with zero attached hydrogens (tertiary/aromatic N) is 3. The van der Waals surface area contributed by atoms with Crippen LogP contribution in [0.15, 0.2) is 36.5 Å². The van der Waals surface area contributed by atoms with E-state index in [9.17, 15) is 4.79 Å². The second-order valence-electron chi connectivity index (χ2n) is 4.05. The molecule has 0 spiro atoms. The first-order chi connectivity index (χ1) is 8.72. The number of aromatic nitrogens is 1. The monoisotopic (exact) mass is 239 g/mol. The van der Waals surface area contributed by atoms with Crippen molar-refractivity contribution in [2.24, 2.45) is 0 Å². The van der Waals surface area contributed by atoms with Crippen molar-refractivity contribution in [2.75, 3.05) is 13.6 Å². The Morgan fingerprint density at radius 2 is 2.28 bits per heavy atom. The minimum absolute atomic E-state index is 0.0731. The molecule has 4 nitrogen and oxygen atoms in total. The molecule has 0 saturated heterocycles. The fraction of sp³-hybridized carbons (Fsp3) is 0.214. The molecule has 0 saturated carbocycles. The predicted octanol–water partition coefficient (Wildman–Crippen LogP) is 2.22. The van der Waals surface area contributed by atoms with Crippen LogP contribution in [-0.2, 0) is 0 Å². The minimum Gasteiger partial charge on any atom is -0.341 e. The zero-order valence-electron chi connectivity index (χ0n) is 10.1. The van der Waals surface area contributed by atoms with Gasteiger partial charge >= 0.3 is 0 Å². The Kier molecular flexibility index (Phi) is 3.54. The van der Waals surface area contributed by atoms with E-state index in [1.807, 2.05) is 30.3 Å². The lowest BCUT2D eigenvalue weighted by atomic mass is 10.1. The van der Waals surface area contributed by atoms with Crippen LogP contribution in [0.5, 0.6) is 0 Å². The van der Waals surface area contributed by atoms with Crippen LogP contribution in [0.25, 0.3) is 10.9 Å². The summed E-state index contributed by atoms with van der Waals surface area (Å²) < 4.78 is 0. The van der Waals surface area contributed by atoms with Gasteiger partial charge in [-0.05, 0) is 24.3 Å². The van der Waals surface area contributed by atoms with Gasteiger partial charge in [-0.3, -0.25) is 9.78 Å². The van der Waals surface area contributed by atoms with Crippen LogP contribution in [-0.4, -0.2) is 29.4 Å². The van der Waals surface area contributed by atoms with Gasteiger partial charge in [0, 0.05) is 30.7 Å². The predicted molar refractivity (Wildman–Crippen MR) is 68.9 cm³/mol. The van der Waals surface area contributed by atoms with E-state index in [0.717, 1.165) is 10.9 Å². The highest BCUT2D eigenvalue weighted by Gasteiger charge is 2.11. The number of hydrogen-bond donors (Lipinski definition) is 0. The van der Waals surface area contributed by atoms with Crippen LogP contribution < -0.4 is 0 Å². The number of amides is 1. The Balaban J connectivity index is 2.25.